The fraction of sp³-hybridized carbons (Fsp3) is 0.360. The van der Waals surface area contributed by atoms with Gasteiger partial charge in [0.2, 0.25) is 0 Å². The largest absolute Gasteiger partial charge is 0.494 e. The molecule has 2 heterocycles. The van der Waals surface area contributed by atoms with E-state index >= 15 is 0 Å². The Balaban J connectivity index is 1.57. The number of halogens is 1. The van der Waals surface area contributed by atoms with Crippen LogP contribution in [0.25, 0.3) is 10.9 Å². The van der Waals surface area contributed by atoms with Crippen molar-refractivity contribution >= 4 is 28.2 Å². The number of nitrogens with one attached hydrogen (secondary N) is 2. The third kappa shape index (κ3) is 6.09. The average molecular weight is 470 g/mol. The number of ether oxygens (including phenoxy) is 2. The number of aromatic nitrogens is 1. The molecule has 0 spiro atoms. The van der Waals surface area contributed by atoms with Crippen molar-refractivity contribution < 1.29 is 13.9 Å². The molecular formula is C25H28FN3O3S. The van der Waals surface area contributed by atoms with Gasteiger partial charge in [-0.2, -0.15) is 0 Å². The van der Waals surface area contributed by atoms with Gasteiger partial charge in [0.15, 0.2) is 5.11 Å². The van der Waals surface area contributed by atoms with Crippen LogP contribution in [0.3, 0.4) is 0 Å². The third-order valence-electron chi connectivity index (χ3n) is 5.64. The monoisotopic (exact) mass is 469 g/mol. The van der Waals surface area contributed by atoms with Crippen LogP contribution in [0.2, 0.25) is 0 Å². The fourth-order valence-corrected chi connectivity index (χ4v) is 4.15. The lowest BCUT2D eigenvalue weighted by Crippen LogP contribution is -2.42. The van der Waals surface area contributed by atoms with Crippen LogP contribution in [0.15, 0.2) is 53.3 Å². The van der Waals surface area contributed by atoms with Gasteiger partial charge in [-0.1, -0.05) is 12.1 Å². The molecule has 1 saturated heterocycles. The number of thiocarbonyl (C=S) groups is 1. The average Bonchev–Trinajstić information content (AvgIpc) is 3.33. The van der Waals surface area contributed by atoms with Gasteiger partial charge in [-0.15, -0.1) is 0 Å². The molecule has 6 nitrogen and oxygen atoms in total. The lowest BCUT2D eigenvalue weighted by atomic mass is 10.1. The highest BCUT2D eigenvalue weighted by Crippen LogP contribution is 2.20. The molecule has 1 aromatic heterocycles. The van der Waals surface area contributed by atoms with Crippen molar-refractivity contribution in [1.29, 1.82) is 0 Å². The van der Waals surface area contributed by atoms with Crippen molar-refractivity contribution in [2.75, 3.05) is 19.8 Å². The number of hydrogen-bond donors (Lipinski definition) is 2. The van der Waals surface area contributed by atoms with Gasteiger partial charge < -0.3 is 24.7 Å². The van der Waals surface area contributed by atoms with Gasteiger partial charge in [0.1, 0.15) is 11.6 Å². The van der Waals surface area contributed by atoms with E-state index in [1.807, 2.05) is 36.1 Å². The smallest absolute Gasteiger partial charge is 0.253 e. The van der Waals surface area contributed by atoms with Crippen molar-refractivity contribution in [3.8, 4) is 5.75 Å². The van der Waals surface area contributed by atoms with Crippen LogP contribution in [-0.4, -0.2) is 40.9 Å². The Morgan fingerprint density at radius 1 is 1.24 bits per heavy atom. The van der Waals surface area contributed by atoms with Crippen molar-refractivity contribution in [3.05, 3.63) is 75.8 Å². The summed E-state index contributed by atoms with van der Waals surface area (Å²) in [6.45, 7) is 4.63. The molecule has 33 heavy (non-hydrogen) atoms. The van der Waals surface area contributed by atoms with Crippen molar-refractivity contribution in [3.63, 3.8) is 0 Å². The fourth-order valence-electron chi connectivity index (χ4n) is 3.94. The molecule has 0 amide bonds. The summed E-state index contributed by atoms with van der Waals surface area (Å²) in [7, 11) is 0. The molecule has 2 N–H and O–H groups in total. The van der Waals surface area contributed by atoms with Crippen molar-refractivity contribution in [1.82, 2.24) is 15.2 Å². The highest BCUT2D eigenvalue weighted by molar-refractivity contribution is 7.80. The number of pyridine rings is 1. The second kappa shape index (κ2) is 10.8. The summed E-state index contributed by atoms with van der Waals surface area (Å²) in [5.41, 5.74) is 2.06. The number of benzene rings is 2. The lowest BCUT2D eigenvalue weighted by Gasteiger charge is -2.27. The van der Waals surface area contributed by atoms with Gasteiger partial charge in [-0.3, -0.25) is 4.79 Å². The molecule has 174 valence electrons. The summed E-state index contributed by atoms with van der Waals surface area (Å²) in [6.07, 6.45) is 2.19. The van der Waals surface area contributed by atoms with E-state index in [0.29, 0.717) is 36.9 Å². The van der Waals surface area contributed by atoms with E-state index in [0.717, 1.165) is 41.7 Å². The second-order valence-electron chi connectivity index (χ2n) is 8.11. The van der Waals surface area contributed by atoms with E-state index in [2.05, 4.69) is 10.3 Å². The van der Waals surface area contributed by atoms with E-state index < -0.39 is 0 Å². The first-order valence-corrected chi connectivity index (χ1v) is 11.6. The van der Waals surface area contributed by atoms with Crippen LogP contribution < -0.4 is 15.6 Å². The molecule has 2 aromatic carbocycles. The van der Waals surface area contributed by atoms with Crippen molar-refractivity contribution in [2.24, 2.45) is 0 Å². The third-order valence-corrected chi connectivity index (χ3v) is 6.05. The summed E-state index contributed by atoms with van der Waals surface area (Å²) < 4.78 is 24.7. The first-order chi connectivity index (χ1) is 16.0. The highest BCUT2D eigenvalue weighted by atomic mass is 32.1. The van der Waals surface area contributed by atoms with Crippen LogP contribution in [-0.2, 0) is 17.8 Å². The summed E-state index contributed by atoms with van der Waals surface area (Å²) >= 11 is 5.68. The molecule has 4 rings (SSSR count). The van der Waals surface area contributed by atoms with Gasteiger partial charge in [-0.25, -0.2) is 4.39 Å². The second-order valence-corrected chi connectivity index (χ2v) is 8.50. The summed E-state index contributed by atoms with van der Waals surface area (Å²) in [5.74, 6) is 0.459. The van der Waals surface area contributed by atoms with Gasteiger partial charge in [-0.05, 0) is 73.9 Å². The number of hydrogen-bond acceptors (Lipinski definition) is 4. The van der Waals surface area contributed by atoms with E-state index in [-0.39, 0.29) is 17.5 Å². The molecule has 1 unspecified atom stereocenters. The zero-order valence-corrected chi connectivity index (χ0v) is 19.4. The first kappa shape index (κ1) is 23.2. The Morgan fingerprint density at radius 3 is 2.79 bits per heavy atom. The van der Waals surface area contributed by atoms with Crippen LogP contribution in [0.5, 0.6) is 5.75 Å². The number of fused-ring (bicyclic) bond motifs is 1. The minimum Gasteiger partial charge on any atom is -0.494 e. The molecule has 1 aliphatic rings. The number of nitrogens with zero attached hydrogens (tertiary/aromatic N) is 1. The zero-order chi connectivity index (χ0) is 23.2. The summed E-state index contributed by atoms with van der Waals surface area (Å²) in [6, 6.07) is 13.8. The minimum atomic E-state index is -0.291. The molecule has 1 fully saturated rings. The minimum absolute atomic E-state index is 0.136. The number of H-pyrrole nitrogens is 1. The zero-order valence-electron chi connectivity index (χ0n) is 18.6. The normalized spacial score (nSPS) is 15.5. The molecule has 8 heteroatoms. The van der Waals surface area contributed by atoms with E-state index in [4.69, 9.17) is 21.7 Å². The molecule has 1 aliphatic heterocycles. The van der Waals surface area contributed by atoms with Gasteiger partial charge >= 0.3 is 0 Å². The van der Waals surface area contributed by atoms with Crippen LogP contribution in [0.1, 0.15) is 30.9 Å². The van der Waals surface area contributed by atoms with Crippen LogP contribution in [0.4, 0.5) is 4.39 Å². The molecule has 0 saturated carbocycles. The quantitative estimate of drug-likeness (QED) is 0.484. The lowest BCUT2D eigenvalue weighted by molar-refractivity contribution is 0.113. The number of aromatic amines is 1. The predicted octanol–water partition coefficient (Wildman–Crippen LogP) is 4.12. The molecule has 0 radical (unpaired) electrons. The Labute approximate surface area is 197 Å². The highest BCUT2D eigenvalue weighted by Gasteiger charge is 2.19. The molecule has 1 atom stereocenters. The maximum Gasteiger partial charge on any atom is 0.253 e. The van der Waals surface area contributed by atoms with Gasteiger partial charge in [0, 0.05) is 36.2 Å². The van der Waals surface area contributed by atoms with Gasteiger partial charge in [0.25, 0.3) is 5.56 Å². The first-order valence-electron chi connectivity index (χ1n) is 11.2. The Bertz CT molecular complexity index is 1160. The maximum atomic E-state index is 13.4. The standard InChI is InChI=1S/C25H28FN3O3S/c1-2-31-21-9-10-23-18(13-21)12-19(24(30)28-23)16-29(15-17-5-7-20(26)8-6-17)25(33)27-14-22-4-3-11-32-22/h5-10,12-13,22H,2-4,11,14-16H2,1H3,(H,27,33)(H,28,30). The maximum absolute atomic E-state index is 13.4. The van der Waals surface area contributed by atoms with Crippen LogP contribution >= 0.6 is 12.2 Å². The molecule has 0 aliphatic carbocycles. The molecule has 3 aromatic rings. The Morgan fingerprint density at radius 2 is 2.06 bits per heavy atom. The topological polar surface area (TPSA) is 66.6 Å². The SMILES string of the molecule is CCOc1ccc2[nH]c(=O)c(CN(Cc3ccc(F)cc3)C(=S)NCC3CCCO3)cc2c1. The van der Waals surface area contributed by atoms with Crippen LogP contribution in [0, 0.1) is 5.82 Å². The molecular weight excluding hydrogens is 441 g/mol. The Hall–Kier alpha value is -2.97. The van der Waals surface area contributed by atoms with E-state index in [1.165, 1.54) is 12.1 Å². The predicted molar refractivity (Wildman–Crippen MR) is 131 cm³/mol. The number of rotatable bonds is 8. The van der Waals surface area contributed by atoms with E-state index in [9.17, 15) is 9.18 Å². The molecule has 0 bridgehead atoms. The summed E-state index contributed by atoms with van der Waals surface area (Å²) in [5, 5.41) is 4.70. The Kier molecular flexibility index (Phi) is 7.57. The summed E-state index contributed by atoms with van der Waals surface area (Å²) in [4.78, 5) is 17.7. The van der Waals surface area contributed by atoms with E-state index in [1.54, 1.807) is 12.1 Å². The van der Waals surface area contributed by atoms with Crippen molar-refractivity contribution in [2.45, 2.75) is 39.0 Å². The van der Waals surface area contributed by atoms with Gasteiger partial charge in [0.05, 0.1) is 19.3 Å².